The summed E-state index contributed by atoms with van der Waals surface area (Å²) in [6.07, 6.45) is 1.27. The molecule has 2 rings (SSSR count). The number of ether oxygens (including phenoxy) is 1. The molecule has 0 amide bonds. The minimum absolute atomic E-state index is 0.0626. The molecule has 0 aliphatic rings. The van der Waals surface area contributed by atoms with Crippen molar-refractivity contribution in [3.8, 4) is 17.0 Å². The Morgan fingerprint density at radius 2 is 1.78 bits per heavy atom. The maximum Gasteiger partial charge on any atom is 0.149 e. The number of rotatable bonds is 3. The molecular weight excluding hydrogens is 243 g/mol. The third-order valence-corrected chi connectivity index (χ3v) is 2.32. The molecular formula is C13H10F3NO. The van der Waals surface area contributed by atoms with Gasteiger partial charge in [0.2, 0.25) is 0 Å². The average Bonchev–Trinajstić information content (AvgIpc) is 2.31. The quantitative estimate of drug-likeness (QED) is 0.834. The second-order valence-corrected chi connectivity index (χ2v) is 3.53. The smallest absolute Gasteiger partial charge is 0.149 e. The first kappa shape index (κ1) is 12.4. The van der Waals surface area contributed by atoms with E-state index in [0.717, 1.165) is 18.2 Å². The van der Waals surface area contributed by atoms with Crippen LogP contribution in [0.25, 0.3) is 11.3 Å². The lowest BCUT2D eigenvalue weighted by Crippen LogP contribution is -1.99. The van der Waals surface area contributed by atoms with Crippen LogP contribution in [0.4, 0.5) is 13.2 Å². The Labute approximate surface area is 102 Å². The van der Waals surface area contributed by atoms with E-state index in [1.807, 2.05) is 0 Å². The van der Waals surface area contributed by atoms with Crippen LogP contribution >= 0.6 is 0 Å². The van der Waals surface area contributed by atoms with Gasteiger partial charge in [-0.15, -0.1) is 0 Å². The van der Waals surface area contributed by atoms with E-state index in [1.54, 1.807) is 6.92 Å². The van der Waals surface area contributed by atoms with Crippen molar-refractivity contribution in [2.45, 2.75) is 6.92 Å². The summed E-state index contributed by atoms with van der Waals surface area (Å²) in [4.78, 5) is 3.65. The van der Waals surface area contributed by atoms with Crippen molar-refractivity contribution in [3.05, 3.63) is 47.9 Å². The average molecular weight is 253 g/mol. The van der Waals surface area contributed by atoms with Crippen molar-refractivity contribution < 1.29 is 17.9 Å². The SMILES string of the molecule is CCOc1cc(F)c(-c2ncccc2F)c(F)c1. The van der Waals surface area contributed by atoms with Crippen LogP contribution in [0.1, 0.15) is 6.92 Å². The molecule has 5 heteroatoms. The molecule has 2 nitrogen and oxygen atoms in total. The molecule has 0 bridgehead atoms. The van der Waals surface area contributed by atoms with E-state index in [9.17, 15) is 13.2 Å². The highest BCUT2D eigenvalue weighted by Crippen LogP contribution is 2.29. The van der Waals surface area contributed by atoms with Gasteiger partial charge in [0.25, 0.3) is 0 Å². The molecule has 0 saturated carbocycles. The zero-order valence-electron chi connectivity index (χ0n) is 9.58. The monoisotopic (exact) mass is 253 g/mol. The number of nitrogens with zero attached hydrogens (tertiary/aromatic N) is 1. The van der Waals surface area contributed by atoms with Gasteiger partial charge in [-0.05, 0) is 19.1 Å². The van der Waals surface area contributed by atoms with Gasteiger partial charge in [0.1, 0.15) is 28.9 Å². The van der Waals surface area contributed by atoms with E-state index in [4.69, 9.17) is 4.74 Å². The van der Waals surface area contributed by atoms with Crippen LogP contribution in [-0.4, -0.2) is 11.6 Å². The third-order valence-electron chi connectivity index (χ3n) is 2.32. The fraction of sp³-hybridized carbons (Fsp3) is 0.154. The van der Waals surface area contributed by atoms with Gasteiger partial charge >= 0.3 is 0 Å². The van der Waals surface area contributed by atoms with Gasteiger partial charge in [0.05, 0.1) is 12.2 Å². The molecule has 0 spiro atoms. The first-order chi connectivity index (χ1) is 8.63. The molecule has 0 aliphatic carbocycles. The summed E-state index contributed by atoms with van der Waals surface area (Å²) in [6, 6.07) is 4.47. The summed E-state index contributed by atoms with van der Waals surface area (Å²) in [6.45, 7) is 1.98. The summed E-state index contributed by atoms with van der Waals surface area (Å²) >= 11 is 0. The molecule has 0 saturated heterocycles. The summed E-state index contributed by atoms with van der Waals surface area (Å²) < 4.78 is 46.0. The van der Waals surface area contributed by atoms with Crippen molar-refractivity contribution in [1.29, 1.82) is 0 Å². The Balaban J connectivity index is 2.56. The Morgan fingerprint density at radius 1 is 1.11 bits per heavy atom. The van der Waals surface area contributed by atoms with Crippen molar-refractivity contribution in [1.82, 2.24) is 4.98 Å². The molecule has 1 heterocycles. The first-order valence-corrected chi connectivity index (χ1v) is 5.36. The van der Waals surface area contributed by atoms with Crippen LogP contribution in [0.3, 0.4) is 0 Å². The number of aromatic nitrogens is 1. The van der Waals surface area contributed by atoms with Crippen molar-refractivity contribution in [3.63, 3.8) is 0 Å². The minimum atomic E-state index is -0.906. The molecule has 0 N–H and O–H groups in total. The predicted octanol–water partition coefficient (Wildman–Crippen LogP) is 3.56. The Kier molecular flexibility index (Phi) is 3.50. The molecule has 0 atom stereocenters. The van der Waals surface area contributed by atoms with Crippen molar-refractivity contribution in [2.75, 3.05) is 6.61 Å². The standard InChI is InChI=1S/C13H10F3NO/c1-2-18-8-6-10(15)12(11(16)7-8)13-9(14)4-3-5-17-13/h3-7H,2H2,1H3. The molecule has 0 radical (unpaired) electrons. The first-order valence-electron chi connectivity index (χ1n) is 5.36. The summed E-state index contributed by atoms with van der Waals surface area (Å²) in [7, 11) is 0. The molecule has 2 aromatic rings. The molecule has 94 valence electrons. The number of pyridine rings is 1. The number of hydrogen-bond acceptors (Lipinski definition) is 2. The van der Waals surface area contributed by atoms with Gasteiger partial charge in [-0.1, -0.05) is 0 Å². The topological polar surface area (TPSA) is 22.1 Å². The van der Waals surface area contributed by atoms with E-state index >= 15 is 0 Å². The van der Waals surface area contributed by atoms with Crippen LogP contribution in [-0.2, 0) is 0 Å². The maximum absolute atomic E-state index is 13.8. The third kappa shape index (κ3) is 2.30. The number of benzene rings is 1. The lowest BCUT2D eigenvalue weighted by molar-refractivity contribution is 0.336. The largest absolute Gasteiger partial charge is 0.494 e. The predicted molar refractivity (Wildman–Crippen MR) is 60.7 cm³/mol. The fourth-order valence-electron chi connectivity index (χ4n) is 1.60. The number of hydrogen-bond donors (Lipinski definition) is 0. The minimum Gasteiger partial charge on any atom is -0.494 e. The summed E-state index contributed by atoms with van der Waals surface area (Å²) in [5.41, 5.74) is -0.841. The summed E-state index contributed by atoms with van der Waals surface area (Å²) in [5, 5.41) is 0. The highest BCUT2D eigenvalue weighted by atomic mass is 19.1. The molecule has 0 fully saturated rings. The molecule has 18 heavy (non-hydrogen) atoms. The van der Waals surface area contributed by atoms with Gasteiger partial charge in [0.15, 0.2) is 0 Å². The Bertz CT molecular complexity index is 549. The fourth-order valence-corrected chi connectivity index (χ4v) is 1.60. The number of halogens is 3. The van der Waals surface area contributed by atoms with E-state index in [1.165, 1.54) is 12.3 Å². The molecule has 1 aromatic heterocycles. The van der Waals surface area contributed by atoms with Gasteiger partial charge in [-0.2, -0.15) is 0 Å². The van der Waals surface area contributed by atoms with Gasteiger partial charge in [0, 0.05) is 18.3 Å². The van der Waals surface area contributed by atoms with Crippen molar-refractivity contribution in [2.24, 2.45) is 0 Å². The van der Waals surface area contributed by atoms with Crippen LogP contribution in [0.5, 0.6) is 5.75 Å². The second kappa shape index (κ2) is 5.08. The van der Waals surface area contributed by atoms with Gasteiger partial charge < -0.3 is 4.74 Å². The lowest BCUT2D eigenvalue weighted by Gasteiger charge is -2.08. The second-order valence-electron chi connectivity index (χ2n) is 3.53. The van der Waals surface area contributed by atoms with Crippen LogP contribution in [0, 0.1) is 17.5 Å². The lowest BCUT2D eigenvalue weighted by atomic mass is 10.1. The van der Waals surface area contributed by atoms with E-state index in [-0.39, 0.29) is 18.1 Å². The highest BCUT2D eigenvalue weighted by molar-refractivity contribution is 5.62. The van der Waals surface area contributed by atoms with Gasteiger partial charge in [-0.3, -0.25) is 4.98 Å². The van der Waals surface area contributed by atoms with Crippen LogP contribution in [0.2, 0.25) is 0 Å². The zero-order chi connectivity index (χ0) is 13.1. The Hall–Kier alpha value is -2.04. The van der Waals surface area contributed by atoms with Crippen LogP contribution < -0.4 is 4.74 Å². The molecule has 0 unspecified atom stereocenters. The van der Waals surface area contributed by atoms with E-state index in [0.29, 0.717) is 0 Å². The highest BCUT2D eigenvalue weighted by Gasteiger charge is 2.18. The zero-order valence-corrected chi connectivity index (χ0v) is 9.58. The summed E-state index contributed by atoms with van der Waals surface area (Å²) in [5.74, 6) is -2.53. The molecule has 1 aromatic carbocycles. The van der Waals surface area contributed by atoms with Crippen LogP contribution in [0.15, 0.2) is 30.5 Å². The van der Waals surface area contributed by atoms with Gasteiger partial charge in [-0.25, -0.2) is 13.2 Å². The molecule has 0 aliphatic heterocycles. The Morgan fingerprint density at radius 3 is 2.33 bits per heavy atom. The maximum atomic E-state index is 13.8. The van der Waals surface area contributed by atoms with Crippen molar-refractivity contribution >= 4 is 0 Å². The normalized spacial score (nSPS) is 10.4. The van der Waals surface area contributed by atoms with E-state index < -0.39 is 23.0 Å². The van der Waals surface area contributed by atoms with E-state index in [2.05, 4.69) is 4.98 Å².